The number of carbonyl (C=O) groups excluding carboxylic acids is 2. The van der Waals surface area contributed by atoms with Gasteiger partial charge in [0.1, 0.15) is 6.04 Å². The average molecular weight is 386 g/mol. The first-order valence-electron chi connectivity index (χ1n) is 8.05. The van der Waals surface area contributed by atoms with E-state index in [1.807, 2.05) is 0 Å². The van der Waals surface area contributed by atoms with Crippen molar-refractivity contribution in [2.75, 3.05) is 31.2 Å². The molecule has 7 nitrogen and oxygen atoms in total. The number of esters is 1. The van der Waals surface area contributed by atoms with Gasteiger partial charge in [-0.3, -0.25) is 4.79 Å². The number of rotatable bonds is 6. The Hall–Kier alpha value is -1.58. The molecule has 1 saturated heterocycles. The Bertz CT molecular complexity index is 719. The van der Waals surface area contributed by atoms with E-state index in [0.29, 0.717) is 17.9 Å². The number of ether oxygens (including phenoxy) is 1. The SMILES string of the molecule is CCNS(=O)(=O)c1ccc(C(=O)N2CCSC[C@@H]2C(=O)OCC)cc1. The van der Waals surface area contributed by atoms with Crippen LogP contribution in [0.1, 0.15) is 24.2 Å². The van der Waals surface area contributed by atoms with Crippen LogP contribution >= 0.6 is 11.8 Å². The lowest BCUT2D eigenvalue weighted by Gasteiger charge is -2.33. The van der Waals surface area contributed by atoms with Crippen LogP contribution in [0, 0.1) is 0 Å². The minimum absolute atomic E-state index is 0.0991. The van der Waals surface area contributed by atoms with Gasteiger partial charge in [-0.2, -0.15) is 11.8 Å². The van der Waals surface area contributed by atoms with Gasteiger partial charge in [-0.1, -0.05) is 6.92 Å². The van der Waals surface area contributed by atoms with Crippen molar-refractivity contribution in [3.05, 3.63) is 29.8 Å². The molecule has 0 radical (unpaired) electrons. The second kappa shape index (κ2) is 8.68. The number of carbonyl (C=O) groups is 2. The zero-order valence-corrected chi connectivity index (χ0v) is 15.9. The van der Waals surface area contributed by atoms with Crippen molar-refractivity contribution in [2.24, 2.45) is 0 Å². The van der Waals surface area contributed by atoms with Gasteiger partial charge in [0.2, 0.25) is 10.0 Å². The summed E-state index contributed by atoms with van der Waals surface area (Å²) in [6.07, 6.45) is 0. The van der Waals surface area contributed by atoms with Crippen LogP contribution in [0.3, 0.4) is 0 Å². The van der Waals surface area contributed by atoms with E-state index in [4.69, 9.17) is 4.74 Å². The molecule has 1 aromatic carbocycles. The fourth-order valence-electron chi connectivity index (χ4n) is 2.50. The van der Waals surface area contributed by atoms with Crippen LogP contribution in [0.4, 0.5) is 0 Å². The van der Waals surface area contributed by atoms with Gasteiger partial charge in [0, 0.05) is 30.2 Å². The number of hydrogen-bond acceptors (Lipinski definition) is 6. The van der Waals surface area contributed by atoms with Gasteiger partial charge in [0.15, 0.2) is 0 Å². The summed E-state index contributed by atoms with van der Waals surface area (Å²) in [5.74, 6) is 0.534. The highest BCUT2D eigenvalue weighted by Crippen LogP contribution is 2.21. The molecule has 2 rings (SSSR count). The van der Waals surface area contributed by atoms with E-state index < -0.39 is 22.0 Å². The first-order chi connectivity index (χ1) is 11.9. The maximum absolute atomic E-state index is 12.7. The number of thioether (sulfide) groups is 1. The summed E-state index contributed by atoms with van der Waals surface area (Å²) >= 11 is 1.60. The van der Waals surface area contributed by atoms with Crippen LogP contribution < -0.4 is 4.72 Å². The third-order valence-electron chi connectivity index (χ3n) is 3.69. The van der Waals surface area contributed by atoms with Gasteiger partial charge in [-0.05, 0) is 31.2 Å². The van der Waals surface area contributed by atoms with Gasteiger partial charge in [0.25, 0.3) is 5.91 Å². The molecule has 138 valence electrons. The van der Waals surface area contributed by atoms with Gasteiger partial charge in [-0.15, -0.1) is 0 Å². The van der Waals surface area contributed by atoms with Crippen molar-refractivity contribution in [3.63, 3.8) is 0 Å². The first kappa shape index (κ1) is 19.7. The molecule has 1 aliphatic heterocycles. The minimum Gasteiger partial charge on any atom is -0.464 e. The van der Waals surface area contributed by atoms with Crippen molar-refractivity contribution < 1.29 is 22.7 Å². The average Bonchev–Trinajstić information content (AvgIpc) is 2.61. The molecule has 0 saturated carbocycles. The van der Waals surface area contributed by atoms with E-state index in [0.717, 1.165) is 5.75 Å². The maximum atomic E-state index is 12.7. The molecular weight excluding hydrogens is 364 g/mol. The minimum atomic E-state index is -3.56. The van der Waals surface area contributed by atoms with Crippen LogP contribution in [0.5, 0.6) is 0 Å². The Morgan fingerprint density at radius 2 is 1.96 bits per heavy atom. The molecule has 1 amide bonds. The summed E-state index contributed by atoms with van der Waals surface area (Å²) in [6.45, 7) is 4.42. The molecule has 0 aromatic heterocycles. The monoisotopic (exact) mass is 386 g/mol. The van der Waals surface area contributed by atoms with Crippen molar-refractivity contribution in [1.29, 1.82) is 0 Å². The number of benzene rings is 1. The van der Waals surface area contributed by atoms with Crippen LogP contribution in [0.2, 0.25) is 0 Å². The fourth-order valence-corrected chi connectivity index (χ4v) is 4.57. The molecule has 0 unspecified atom stereocenters. The zero-order valence-electron chi connectivity index (χ0n) is 14.2. The van der Waals surface area contributed by atoms with E-state index >= 15 is 0 Å². The molecule has 0 bridgehead atoms. The second-order valence-corrected chi connectivity index (χ2v) is 8.28. The Morgan fingerprint density at radius 3 is 2.56 bits per heavy atom. The molecular formula is C16H22N2O5S2. The predicted molar refractivity (Wildman–Crippen MR) is 96.1 cm³/mol. The summed E-state index contributed by atoms with van der Waals surface area (Å²) < 4.78 is 31.4. The second-order valence-electron chi connectivity index (χ2n) is 5.37. The van der Waals surface area contributed by atoms with E-state index in [9.17, 15) is 18.0 Å². The third kappa shape index (κ3) is 4.74. The molecule has 1 aromatic rings. The molecule has 9 heteroatoms. The van der Waals surface area contributed by atoms with Gasteiger partial charge < -0.3 is 9.64 Å². The summed E-state index contributed by atoms with van der Waals surface area (Å²) in [4.78, 5) is 26.4. The normalized spacial score (nSPS) is 18.0. The molecule has 0 aliphatic carbocycles. The van der Waals surface area contributed by atoms with Crippen LogP contribution in [-0.2, 0) is 19.6 Å². The first-order valence-corrected chi connectivity index (χ1v) is 10.7. The van der Waals surface area contributed by atoms with Crippen LogP contribution in [-0.4, -0.2) is 62.4 Å². The molecule has 1 atom stereocenters. The van der Waals surface area contributed by atoms with E-state index in [-0.39, 0.29) is 24.0 Å². The summed E-state index contributed by atoms with van der Waals surface area (Å²) in [5.41, 5.74) is 0.344. The number of nitrogens with zero attached hydrogens (tertiary/aromatic N) is 1. The van der Waals surface area contributed by atoms with Crippen molar-refractivity contribution in [2.45, 2.75) is 24.8 Å². The topological polar surface area (TPSA) is 92.8 Å². The predicted octanol–water partition coefficient (Wildman–Crippen LogP) is 1.11. The maximum Gasteiger partial charge on any atom is 0.329 e. The summed E-state index contributed by atoms with van der Waals surface area (Å²) in [7, 11) is -3.56. The Balaban J connectivity index is 2.19. The fraction of sp³-hybridized carbons (Fsp3) is 0.500. The number of sulfonamides is 1. The molecule has 25 heavy (non-hydrogen) atoms. The lowest BCUT2D eigenvalue weighted by atomic mass is 10.1. The lowest BCUT2D eigenvalue weighted by molar-refractivity contribution is -0.147. The Kier molecular flexibility index (Phi) is 6.86. The lowest BCUT2D eigenvalue weighted by Crippen LogP contribution is -2.51. The highest BCUT2D eigenvalue weighted by molar-refractivity contribution is 7.99. The molecule has 1 aliphatic rings. The quantitative estimate of drug-likeness (QED) is 0.736. The smallest absolute Gasteiger partial charge is 0.329 e. The van der Waals surface area contributed by atoms with Gasteiger partial charge in [-0.25, -0.2) is 17.9 Å². The van der Waals surface area contributed by atoms with E-state index in [2.05, 4.69) is 4.72 Å². The number of amides is 1. The number of nitrogens with one attached hydrogen (secondary N) is 1. The Morgan fingerprint density at radius 1 is 1.28 bits per heavy atom. The molecule has 1 N–H and O–H groups in total. The molecule has 1 fully saturated rings. The highest BCUT2D eigenvalue weighted by atomic mass is 32.2. The molecule has 0 spiro atoms. The Labute approximate surface area is 152 Å². The van der Waals surface area contributed by atoms with Crippen LogP contribution in [0.15, 0.2) is 29.2 Å². The zero-order chi connectivity index (χ0) is 18.4. The largest absolute Gasteiger partial charge is 0.464 e. The van der Waals surface area contributed by atoms with Gasteiger partial charge >= 0.3 is 5.97 Å². The van der Waals surface area contributed by atoms with E-state index in [1.54, 1.807) is 25.6 Å². The summed E-state index contributed by atoms with van der Waals surface area (Å²) in [5, 5.41) is 0. The van der Waals surface area contributed by atoms with Crippen LogP contribution in [0.25, 0.3) is 0 Å². The van der Waals surface area contributed by atoms with Crippen molar-refractivity contribution in [3.8, 4) is 0 Å². The summed E-state index contributed by atoms with van der Waals surface area (Å²) in [6, 6.07) is 5.11. The highest BCUT2D eigenvalue weighted by Gasteiger charge is 2.34. The van der Waals surface area contributed by atoms with Crippen molar-refractivity contribution >= 4 is 33.7 Å². The molecule has 1 heterocycles. The van der Waals surface area contributed by atoms with Gasteiger partial charge in [0.05, 0.1) is 11.5 Å². The standard InChI is InChI=1S/C16H22N2O5S2/c1-3-17-25(21,22)13-7-5-12(6-8-13)15(19)18-9-10-24-11-14(18)16(20)23-4-2/h5-8,14,17H,3-4,9-11H2,1-2H3/t14-/m1/s1. The third-order valence-corrected chi connectivity index (χ3v) is 6.28. The van der Waals surface area contributed by atoms with E-state index in [1.165, 1.54) is 29.2 Å². The van der Waals surface area contributed by atoms with Crippen molar-refractivity contribution in [1.82, 2.24) is 9.62 Å². The number of hydrogen-bond donors (Lipinski definition) is 1.